The van der Waals surface area contributed by atoms with Crippen LogP contribution in [-0.2, 0) is 21.3 Å². The van der Waals surface area contributed by atoms with E-state index in [2.05, 4.69) is 4.40 Å². The van der Waals surface area contributed by atoms with Gasteiger partial charge in [0.05, 0.1) is 32.0 Å². The molecule has 0 bridgehead atoms. The lowest BCUT2D eigenvalue weighted by molar-refractivity contribution is 0.0600. The number of rotatable bonds is 4. The van der Waals surface area contributed by atoms with Gasteiger partial charge in [0.25, 0.3) is 10.0 Å². The Kier molecular flexibility index (Phi) is 4.45. The summed E-state index contributed by atoms with van der Waals surface area (Å²) in [6.07, 6.45) is 1.27. The van der Waals surface area contributed by atoms with Gasteiger partial charge in [-0.3, -0.25) is 0 Å². The first-order valence-corrected chi connectivity index (χ1v) is 8.81. The molecule has 0 saturated heterocycles. The number of fused-ring (bicyclic) bond motifs is 1. The van der Waals surface area contributed by atoms with Crippen molar-refractivity contribution in [2.75, 3.05) is 19.1 Å². The average molecular weight is 360 g/mol. The van der Waals surface area contributed by atoms with Crippen LogP contribution in [0.5, 0.6) is 5.75 Å². The number of nitrogens with zero attached hydrogens (tertiary/aromatic N) is 2. The van der Waals surface area contributed by atoms with Gasteiger partial charge in [-0.2, -0.15) is 8.42 Å². The fraction of sp³-hybridized carbons (Fsp3) is 0.176. The van der Waals surface area contributed by atoms with Crippen LogP contribution in [0.3, 0.4) is 0 Å². The number of sulfonamides is 1. The lowest BCUT2D eigenvalue weighted by atomic mass is 10.1. The highest BCUT2D eigenvalue weighted by Crippen LogP contribution is 2.32. The quantitative estimate of drug-likeness (QED) is 0.777. The second kappa shape index (κ2) is 6.56. The number of para-hydroxylation sites is 1. The van der Waals surface area contributed by atoms with Crippen molar-refractivity contribution in [2.45, 2.75) is 11.4 Å². The Hall–Kier alpha value is -2.87. The zero-order chi connectivity index (χ0) is 18.0. The average Bonchev–Trinajstić information content (AvgIpc) is 2.63. The van der Waals surface area contributed by atoms with Gasteiger partial charge in [-0.25, -0.2) is 4.79 Å². The van der Waals surface area contributed by atoms with Crippen LogP contribution in [0.4, 0.5) is 5.69 Å². The van der Waals surface area contributed by atoms with Crippen LogP contribution in [0.2, 0.25) is 0 Å². The predicted octanol–water partition coefficient (Wildman–Crippen LogP) is 2.22. The first-order valence-electron chi connectivity index (χ1n) is 7.37. The third kappa shape index (κ3) is 3.20. The lowest BCUT2D eigenvalue weighted by Crippen LogP contribution is -2.27. The van der Waals surface area contributed by atoms with Crippen molar-refractivity contribution in [3.63, 3.8) is 0 Å². The van der Waals surface area contributed by atoms with E-state index in [-0.39, 0.29) is 11.4 Å². The minimum Gasteiger partial charge on any atom is -0.496 e. The fourth-order valence-electron chi connectivity index (χ4n) is 2.61. The lowest BCUT2D eigenvalue weighted by Gasteiger charge is -2.25. The Labute approximate surface area is 145 Å². The van der Waals surface area contributed by atoms with Gasteiger partial charge >= 0.3 is 5.97 Å². The van der Waals surface area contributed by atoms with Crippen molar-refractivity contribution in [3.05, 3.63) is 53.6 Å². The van der Waals surface area contributed by atoms with Crippen LogP contribution >= 0.6 is 0 Å². The van der Waals surface area contributed by atoms with Crippen LogP contribution in [0.25, 0.3) is 0 Å². The second-order valence-corrected chi connectivity index (χ2v) is 6.91. The number of anilines is 1. The molecule has 0 saturated carbocycles. The maximum absolute atomic E-state index is 12.1. The summed E-state index contributed by atoms with van der Waals surface area (Å²) in [6, 6.07) is 11.5. The number of carbonyl (C=O) groups excluding carboxylic acids is 1. The van der Waals surface area contributed by atoms with Gasteiger partial charge in [0.1, 0.15) is 17.0 Å². The van der Waals surface area contributed by atoms with Gasteiger partial charge in [-0.1, -0.05) is 12.1 Å². The van der Waals surface area contributed by atoms with Crippen molar-refractivity contribution in [3.8, 4) is 5.75 Å². The summed E-state index contributed by atoms with van der Waals surface area (Å²) in [5, 5.41) is 0. The van der Waals surface area contributed by atoms with E-state index < -0.39 is 16.0 Å². The molecule has 0 aromatic heterocycles. The molecule has 2 aromatic rings. The van der Waals surface area contributed by atoms with E-state index in [0.29, 0.717) is 22.6 Å². The van der Waals surface area contributed by atoms with Crippen LogP contribution in [0.1, 0.15) is 15.9 Å². The van der Waals surface area contributed by atoms with E-state index >= 15 is 0 Å². The molecule has 8 heteroatoms. The summed E-state index contributed by atoms with van der Waals surface area (Å²) in [6.45, 7) is 0.282. The minimum atomic E-state index is -3.69. The van der Waals surface area contributed by atoms with E-state index in [4.69, 9.17) is 9.47 Å². The Bertz CT molecular complexity index is 953. The molecule has 0 atom stereocenters. The number of carbonyl (C=O) groups is 1. The van der Waals surface area contributed by atoms with E-state index in [0.717, 1.165) is 0 Å². The molecule has 1 aliphatic rings. The van der Waals surface area contributed by atoms with Crippen LogP contribution in [-0.4, -0.2) is 34.9 Å². The van der Waals surface area contributed by atoms with Gasteiger partial charge < -0.3 is 14.4 Å². The summed E-state index contributed by atoms with van der Waals surface area (Å²) in [5.74, 6) is 0.117. The van der Waals surface area contributed by atoms with Crippen molar-refractivity contribution in [2.24, 2.45) is 4.40 Å². The maximum Gasteiger partial charge on any atom is 0.337 e. The van der Waals surface area contributed by atoms with Gasteiger partial charge in [0.15, 0.2) is 0 Å². The molecule has 3 rings (SSSR count). The van der Waals surface area contributed by atoms with Crippen molar-refractivity contribution in [1.29, 1.82) is 0 Å². The molecule has 0 amide bonds. The van der Waals surface area contributed by atoms with E-state index in [9.17, 15) is 13.2 Å². The third-order valence-electron chi connectivity index (χ3n) is 3.82. The molecular weight excluding hydrogens is 344 g/mol. The second-order valence-electron chi connectivity index (χ2n) is 5.31. The number of esters is 1. The van der Waals surface area contributed by atoms with Gasteiger partial charge in [0, 0.05) is 5.56 Å². The molecule has 0 radical (unpaired) electrons. The Morgan fingerprint density at radius 2 is 1.92 bits per heavy atom. The molecule has 130 valence electrons. The van der Waals surface area contributed by atoms with E-state index in [1.807, 2.05) is 0 Å². The Morgan fingerprint density at radius 3 is 2.64 bits per heavy atom. The van der Waals surface area contributed by atoms with E-state index in [1.54, 1.807) is 41.3 Å². The van der Waals surface area contributed by atoms with Crippen molar-refractivity contribution >= 4 is 28.0 Å². The summed E-state index contributed by atoms with van der Waals surface area (Å²) >= 11 is 0. The number of methoxy groups -OCH3 is 2. The SMILES string of the molecule is COC(=O)c1ccc(OC)c(CN2C=NS(=O)(=O)c3ccccc32)c1. The molecule has 1 aliphatic heterocycles. The monoisotopic (exact) mass is 360 g/mol. The summed E-state index contributed by atoms with van der Waals surface area (Å²) < 4.78 is 37.9. The van der Waals surface area contributed by atoms with E-state index in [1.165, 1.54) is 26.6 Å². The predicted molar refractivity (Wildman–Crippen MR) is 92.6 cm³/mol. The first-order chi connectivity index (χ1) is 12.0. The van der Waals surface area contributed by atoms with Gasteiger partial charge in [-0.05, 0) is 30.3 Å². The molecule has 1 heterocycles. The molecule has 0 N–H and O–H groups in total. The molecule has 2 aromatic carbocycles. The summed E-state index contributed by atoms with van der Waals surface area (Å²) in [4.78, 5) is 13.6. The van der Waals surface area contributed by atoms with Crippen LogP contribution in [0, 0.1) is 0 Å². The number of ether oxygens (including phenoxy) is 2. The summed E-state index contributed by atoms with van der Waals surface area (Å²) in [7, 11) is -0.849. The topological polar surface area (TPSA) is 85.3 Å². The highest BCUT2D eigenvalue weighted by atomic mass is 32.2. The van der Waals surface area contributed by atoms with Crippen molar-refractivity contribution in [1.82, 2.24) is 0 Å². The highest BCUT2D eigenvalue weighted by Gasteiger charge is 2.25. The van der Waals surface area contributed by atoms with Gasteiger partial charge in [-0.15, -0.1) is 4.40 Å². The summed E-state index contributed by atoms with van der Waals surface area (Å²) in [5.41, 5.74) is 1.60. The standard InChI is InChI=1S/C17H16N2O5S/c1-23-15-8-7-12(17(20)24-2)9-13(15)10-19-11-18-25(21,22)16-6-4-3-5-14(16)19/h3-9,11H,10H2,1-2H3. The number of hydrogen-bond donors (Lipinski definition) is 0. The molecule has 0 spiro atoms. The van der Waals surface area contributed by atoms with Gasteiger partial charge in [0.2, 0.25) is 0 Å². The normalized spacial score (nSPS) is 14.7. The number of benzene rings is 2. The third-order valence-corrected chi connectivity index (χ3v) is 5.09. The molecule has 0 fully saturated rings. The fourth-order valence-corrected chi connectivity index (χ4v) is 3.66. The van der Waals surface area contributed by atoms with Crippen molar-refractivity contribution < 1.29 is 22.7 Å². The Balaban J connectivity index is 2.02. The van der Waals surface area contributed by atoms with Crippen LogP contribution in [0.15, 0.2) is 51.8 Å². The van der Waals surface area contributed by atoms with Crippen LogP contribution < -0.4 is 9.64 Å². The highest BCUT2D eigenvalue weighted by molar-refractivity contribution is 7.90. The first kappa shape index (κ1) is 17.0. The molecule has 7 nitrogen and oxygen atoms in total. The largest absolute Gasteiger partial charge is 0.496 e. The molecule has 0 aliphatic carbocycles. The zero-order valence-electron chi connectivity index (χ0n) is 13.7. The zero-order valence-corrected chi connectivity index (χ0v) is 14.5. The minimum absolute atomic E-state index is 0.139. The smallest absolute Gasteiger partial charge is 0.337 e. The maximum atomic E-state index is 12.1. The molecule has 0 unspecified atom stereocenters. The molecule has 25 heavy (non-hydrogen) atoms. The number of hydrogen-bond acceptors (Lipinski definition) is 6. The molecular formula is C17H16N2O5S. The Morgan fingerprint density at radius 1 is 1.16 bits per heavy atom.